The van der Waals surface area contributed by atoms with E-state index in [2.05, 4.69) is 174 Å². The quantitative estimate of drug-likeness (QED) is 0.146. The second-order valence-corrected chi connectivity index (χ2v) is 12.4. The van der Waals surface area contributed by atoms with E-state index in [0.717, 1.165) is 33.0 Å². The molecule has 0 aliphatic rings. The number of aromatic nitrogens is 2. The first-order chi connectivity index (χ1) is 23.2. The third-order valence-corrected chi connectivity index (χ3v) is 9.87. The molecule has 0 N–H and O–H groups in total. The zero-order chi connectivity index (χ0) is 31.1. The van der Waals surface area contributed by atoms with E-state index in [4.69, 9.17) is 4.42 Å². The maximum absolute atomic E-state index is 6.47. The Kier molecular flexibility index (Phi) is 5.49. The smallest absolute Gasteiger partial charge is 0.235 e. The predicted molar refractivity (Wildman–Crippen MR) is 195 cm³/mol. The van der Waals surface area contributed by atoms with Crippen LogP contribution in [0.4, 0.5) is 0 Å². The molecule has 0 atom stereocenters. The van der Waals surface area contributed by atoms with Crippen molar-refractivity contribution in [1.29, 1.82) is 0 Å². The lowest BCUT2D eigenvalue weighted by Gasteiger charge is -2.17. The van der Waals surface area contributed by atoms with Gasteiger partial charge in [-0.15, -0.1) is 0 Å². The zero-order valence-corrected chi connectivity index (χ0v) is 25.8. The first-order valence-corrected chi connectivity index (χ1v) is 16.1. The van der Waals surface area contributed by atoms with Crippen molar-refractivity contribution in [2.24, 2.45) is 7.05 Å². The van der Waals surface area contributed by atoms with E-state index >= 15 is 0 Å². The Morgan fingerprint density at radius 3 is 1.72 bits per heavy atom. The number of rotatable bonds is 3. The second kappa shape index (κ2) is 9.90. The summed E-state index contributed by atoms with van der Waals surface area (Å²) in [6, 6.07) is 54.7. The van der Waals surface area contributed by atoms with E-state index in [1.54, 1.807) is 0 Å². The highest BCUT2D eigenvalue weighted by atomic mass is 16.3. The molecular formula is C44H29N2O+. The maximum atomic E-state index is 6.47. The van der Waals surface area contributed by atoms with Crippen LogP contribution in [0, 0.1) is 0 Å². The van der Waals surface area contributed by atoms with Crippen LogP contribution in [0.2, 0.25) is 0 Å². The Morgan fingerprint density at radius 2 is 1.04 bits per heavy atom. The SMILES string of the molecule is Cn1c2ccccc2c[n+]1-c1ccc(-c2c3ccccc3c(-c3ccc4oc5c6ccccc6ccc5c4c3)c3ccccc23)cc1. The first-order valence-electron chi connectivity index (χ1n) is 16.1. The Hall–Kier alpha value is -6.19. The van der Waals surface area contributed by atoms with Crippen LogP contribution in [-0.4, -0.2) is 4.68 Å². The summed E-state index contributed by atoms with van der Waals surface area (Å²) >= 11 is 0. The zero-order valence-electron chi connectivity index (χ0n) is 25.8. The van der Waals surface area contributed by atoms with Crippen LogP contribution in [0.5, 0.6) is 0 Å². The average Bonchev–Trinajstić information content (AvgIpc) is 3.68. The normalized spacial score (nSPS) is 11.9. The number of benzene rings is 8. The molecule has 3 nitrogen and oxygen atoms in total. The van der Waals surface area contributed by atoms with Gasteiger partial charge in [-0.1, -0.05) is 102 Å². The van der Waals surface area contributed by atoms with Crippen LogP contribution in [0.1, 0.15) is 0 Å². The van der Waals surface area contributed by atoms with E-state index < -0.39 is 0 Å². The molecule has 10 rings (SSSR count). The summed E-state index contributed by atoms with van der Waals surface area (Å²) in [6.45, 7) is 0. The molecule has 0 fully saturated rings. The fourth-order valence-corrected chi connectivity index (χ4v) is 7.66. The van der Waals surface area contributed by atoms with Crippen molar-refractivity contribution in [2.75, 3.05) is 0 Å². The maximum Gasteiger partial charge on any atom is 0.235 e. The summed E-state index contributed by atoms with van der Waals surface area (Å²) in [5, 5.41) is 10.8. The largest absolute Gasteiger partial charge is 0.455 e. The third-order valence-electron chi connectivity index (χ3n) is 9.87. The summed E-state index contributed by atoms with van der Waals surface area (Å²) in [7, 11) is 2.11. The van der Waals surface area contributed by atoms with E-state index in [9.17, 15) is 0 Å². The predicted octanol–water partition coefficient (Wildman–Crippen LogP) is 11.1. The summed E-state index contributed by atoms with van der Waals surface area (Å²) in [5.74, 6) is 0. The van der Waals surface area contributed by atoms with Gasteiger partial charge in [0.15, 0.2) is 0 Å². The average molecular weight is 602 g/mol. The van der Waals surface area contributed by atoms with E-state index in [-0.39, 0.29) is 0 Å². The minimum Gasteiger partial charge on any atom is -0.455 e. The summed E-state index contributed by atoms with van der Waals surface area (Å²) < 4.78 is 10.9. The molecule has 0 radical (unpaired) electrons. The van der Waals surface area contributed by atoms with Crippen molar-refractivity contribution >= 4 is 65.2 Å². The van der Waals surface area contributed by atoms with Gasteiger partial charge < -0.3 is 4.42 Å². The molecule has 0 spiro atoms. The van der Waals surface area contributed by atoms with Crippen LogP contribution in [0.3, 0.4) is 0 Å². The minimum atomic E-state index is 0.911. The highest BCUT2D eigenvalue weighted by Gasteiger charge is 2.20. The number of hydrogen-bond donors (Lipinski definition) is 0. The molecule has 47 heavy (non-hydrogen) atoms. The standard InChI is InChI=1S/C44H29N2O/c1-45-40-17-9-3-11-31(40)27-46(45)32-22-18-29(19-23-32)42-34-13-5-7-15-36(34)43(37-16-8-6-14-35(37)42)30-21-25-41-39(26-30)38-24-20-28-10-2-4-12-33(28)44(38)47-41/h2-27H,1H3/q+1. The van der Waals surface area contributed by atoms with Gasteiger partial charge in [0.05, 0.1) is 12.4 Å². The van der Waals surface area contributed by atoms with Gasteiger partial charge in [-0.05, 0) is 91.6 Å². The molecule has 2 aromatic heterocycles. The molecule has 0 aliphatic carbocycles. The number of nitrogens with zero attached hydrogens (tertiary/aromatic N) is 2. The fourth-order valence-electron chi connectivity index (χ4n) is 7.66. The molecule has 8 aromatic carbocycles. The summed E-state index contributed by atoms with van der Waals surface area (Å²) in [5.41, 5.74) is 9.10. The van der Waals surface area contributed by atoms with Gasteiger partial charge in [0.1, 0.15) is 16.7 Å². The second-order valence-electron chi connectivity index (χ2n) is 12.4. The molecule has 0 saturated heterocycles. The van der Waals surface area contributed by atoms with Crippen molar-refractivity contribution in [3.8, 4) is 27.9 Å². The minimum absolute atomic E-state index is 0.911. The summed E-state index contributed by atoms with van der Waals surface area (Å²) in [6.07, 6.45) is 2.20. The topological polar surface area (TPSA) is 21.9 Å². The van der Waals surface area contributed by atoms with Crippen molar-refractivity contribution < 1.29 is 9.10 Å². The van der Waals surface area contributed by atoms with Crippen LogP contribution >= 0.6 is 0 Å². The Labute approximate surface area is 271 Å². The Balaban J connectivity index is 1.18. The molecule has 220 valence electrons. The molecule has 0 aliphatic heterocycles. The number of furan rings is 1. The number of aryl methyl sites for hydroxylation is 1. The highest BCUT2D eigenvalue weighted by molar-refractivity contribution is 6.22. The van der Waals surface area contributed by atoms with Gasteiger partial charge in [0.2, 0.25) is 11.9 Å². The molecular weight excluding hydrogens is 572 g/mol. The first kappa shape index (κ1) is 26.1. The lowest BCUT2D eigenvalue weighted by molar-refractivity contribution is -0.679. The number of para-hydroxylation sites is 1. The van der Waals surface area contributed by atoms with Gasteiger partial charge in [-0.25, -0.2) is 0 Å². The van der Waals surface area contributed by atoms with Crippen LogP contribution in [-0.2, 0) is 7.05 Å². The molecule has 10 aromatic rings. The summed E-state index contributed by atoms with van der Waals surface area (Å²) in [4.78, 5) is 0. The molecule has 0 amide bonds. The van der Waals surface area contributed by atoms with Gasteiger partial charge in [0.25, 0.3) is 0 Å². The number of hydrogen-bond acceptors (Lipinski definition) is 1. The monoisotopic (exact) mass is 601 g/mol. The van der Waals surface area contributed by atoms with Gasteiger partial charge in [-0.2, -0.15) is 4.68 Å². The lowest BCUT2D eigenvalue weighted by atomic mass is 9.85. The van der Waals surface area contributed by atoms with E-state index in [1.807, 2.05) is 0 Å². The van der Waals surface area contributed by atoms with Crippen molar-refractivity contribution in [1.82, 2.24) is 4.68 Å². The van der Waals surface area contributed by atoms with E-state index in [0.29, 0.717) is 0 Å². The van der Waals surface area contributed by atoms with Crippen LogP contribution < -0.4 is 4.68 Å². The molecule has 0 bridgehead atoms. The van der Waals surface area contributed by atoms with Crippen molar-refractivity contribution in [2.45, 2.75) is 0 Å². The highest BCUT2D eigenvalue weighted by Crippen LogP contribution is 2.45. The Bertz CT molecular complexity index is 2800. The van der Waals surface area contributed by atoms with Gasteiger partial charge in [-0.3, -0.25) is 0 Å². The molecule has 0 unspecified atom stereocenters. The molecule has 3 heteroatoms. The molecule has 0 saturated carbocycles. The van der Waals surface area contributed by atoms with Crippen LogP contribution in [0.25, 0.3) is 93.1 Å². The van der Waals surface area contributed by atoms with Crippen LogP contribution in [0.15, 0.2) is 162 Å². The van der Waals surface area contributed by atoms with Gasteiger partial charge in [0, 0.05) is 28.3 Å². The Morgan fingerprint density at radius 1 is 0.468 bits per heavy atom. The molecule has 2 heterocycles. The third kappa shape index (κ3) is 3.84. The van der Waals surface area contributed by atoms with Crippen molar-refractivity contribution in [3.05, 3.63) is 158 Å². The van der Waals surface area contributed by atoms with E-state index in [1.165, 1.54) is 60.1 Å². The van der Waals surface area contributed by atoms with Gasteiger partial charge >= 0.3 is 0 Å². The lowest BCUT2D eigenvalue weighted by Crippen LogP contribution is -2.38. The van der Waals surface area contributed by atoms with Crippen molar-refractivity contribution in [3.63, 3.8) is 0 Å². The fraction of sp³-hybridized carbons (Fsp3) is 0.0227. The number of fused-ring (bicyclic) bond motifs is 8.